The lowest BCUT2D eigenvalue weighted by molar-refractivity contribution is -0.141. The lowest BCUT2D eigenvalue weighted by Crippen LogP contribution is -2.24. The van der Waals surface area contributed by atoms with Crippen LogP contribution < -0.4 is 11.1 Å². The number of carboxylic acids is 1. The molecule has 1 amide bonds. The Morgan fingerprint density at radius 1 is 1.40 bits per heavy atom. The third-order valence-electron chi connectivity index (χ3n) is 2.90. The third-order valence-corrected chi connectivity index (χ3v) is 3.21. The number of benzene rings is 1. The molecule has 6 heteroatoms. The van der Waals surface area contributed by atoms with Crippen molar-refractivity contribution in [2.75, 3.05) is 11.9 Å². The van der Waals surface area contributed by atoms with Gasteiger partial charge < -0.3 is 16.2 Å². The molecule has 0 saturated carbocycles. The number of hydrogen-bond donors (Lipinski definition) is 3. The average Bonchev–Trinajstić information content (AvgIpc) is 2.34. The first-order valence-electron chi connectivity index (χ1n) is 6.37. The van der Waals surface area contributed by atoms with Crippen LogP contribution in [0.1, 0.15) is 30.6 Å². The fourth-order valence-corrected chi connectivity index (χ4v) is 2.13. The third kappa shape index (κ3) is 4.74. The number of hydrogen-bond acceptors (Lipinski definition) is 3. The molecule has 1 aromatic carbocycles. The number of nitrogens with one attached hydrogen (secondary N) is 1. The van der Waals surface area contributed by atoms with E-state index >= 15 is 0 Å². The summed E-state index contributed by atoms with van der Waals surface area (Å²) in [5.74, 6) is -1.58. The van der Waals surface area contributed by atoms with E-state index in [4.69, 9.17) is 22.4 Å². The average molecular weight is 299 g/mol. The molecule has 0 fully saturated rings. The summed E-state index contributed by atoms with van der Waals surface area (Å²) in [5.41, 5.74) is 6.06. The molecule has 0 aliphatic heterocycles. The molecule has 0 saturated heterocycles. The Morgan fingerprint density at radius 3 is 2.50 bits per heavy atom. The van der Waals surface area contributed by atoms with Crippen molar-refractivity contribution in [1.82, 2.24) is 0 Å². The highest BCUT2D eigenvalue weighted by molar-refractivity contribution is 6.33. The van der Waals surface area contributed by atoms with Crippen LogP contribution in [0.25, 0.3) is 0 Å². The van der Waals surface area contributed by atoms with Gasteiger partial charge in [-0.05, 0) is 30.5 Å². The normalized spacial score (nSPS) is 12.2. The predicted molar refractivity (Wildman–Crippen MR) is 79.0 cm³/mol. The molecule has 1 atom stereocenters. The zero-order chi connectivity index (χ0) is 15.3. The molecule has 0 aliphatic carbocycles. The quantitative estimate of drug-likeness (QED) is 0.721. The lowest BCUT2D eigenvalue weighted by Gasteiger charge is -2.17. The maximum absolute atomic E-state index is 11.2. The molecule has 20 heavy (non-hydrogen) atoms. The summed E-state index contributed by atoms with van der Waals surface area (Å²) in [6, 6.07) is 4.63. The minimum atomic E-state index is -0.837. The monoisotopic (exact) mass is 298 g/mol. The van der Waals surface area contributed by atoms with E-state index in [2.05, 4.69) is 5.32 Å². The molecular formula is C14H19ClN2O3. The fourth-order valence-electron chi connectivity index (χ4n) is 1.89. The first kappa shape index (κ1) is 16.3. The molecule has 1 rings (SSSR count). The maximum atomic E-state index is 11.2. The second kappa shape index (κ2) is 7.14. The Balaban J connectivity index is 2.73. The van der Waals surface area contributed by atoms with Crippen molar-refractivity contribution in [3.05, 3.63) is 28.8 Å². The Kier molecular flexibility index (Phi) is 5.82. The van der Waals surface area contributed by atoms with Gasteiger partial charge in [-0.3, -0.25) is 9.59 Å². The molecule has 1 aromatic rings. The molecule has 1 unspecified atom stereocenters. The van der Waals surface area contributed by atoms with Gasteiger partial charge in [-0.25, -0.2) is 0 Å². The van der Waals surface area contributed by atoms with Gasteiger partial charge in [0.15, 0.2) is 0 Å². The van der Waals surface area contributed by atoms with Crippen LogP contribution in [0.4, 0.5) is 5.69 Å². The number of rotatable bonds is 7. The number of nitrogens with two attached hydrogens (primary N) is 1. The summed E-state index contributed by atoms with van der Waals surface area (Å²) in [6.07, 6.45) is 0.583. The van der Waals surface area contributed by atoms with Gasteiger partial charge in [0.25, 0.3) is 0 Å². The van der Waals surface area contributed by atoms with Crippen LogP contribution >= 0.6 is 11.6 Å². The van der Waals surface area contributed by atoms with Crippen molar-refractivity contribution in [1.29, 1.82) is 0 Å². The van der Waals surface area contributed by atoms with Gasteiger partial charge >= 0.3 is 5.97 Å². The second-order valence-corrected chi connectivity index (χ2v) is 5.51. The topological polar surface area (TPSA) is 92.4 Å². The number of halogens is 1. The van der Waals surface area contributed by atoms with Gasteiger partial charge in [0.2, 0.25) is 5.91 Å². The number of carboxylic acid groups (broad SMARTS) is 1. The summed E-state index contributed by atoms with van der Waals surface area (Å²) >= 11 is 6.02. The largest absolute Gasteiger partial charge is 0.481 e. The van der Waals surface area contributed by atoms with Gasteiger partial charge in [-0.1, -0.05) is 25.4 Å². The van der Waals surface area contributed by atoms with Gasteiger partial charge in [-0.15, -0.1) is 0 Å². The smallest absolute Gasteiger partial charge is 0.308 e. The molecule has 0 aromatic heterocycles. The highest BCUT2D eigenvalue weighted by atomic mass is 35.5. The van der Waals surface area contributed by atoms with Crippen molar-refractivity contribution in [2.24, 2.45) is 17.6 Å². The predicted octanol–water partition coefficient (Wildman–Crippen LogP) is 2.60. The van der Waals surface area contributed by atoms with Crippen LogP contribution in [0.2, 0.25) is 5.02 Å². The molecule has 0 aliphatic rings. The molecule has 0 spiro atoms. The summed E-state index contributed by atoms with van der Waals surface area (Å²) in [7, 11) is 0. The van der Waals surface area contributed by atoms with Crippen molar-refractivity contribution in [3.8, 4) is 0 Å². The maximum Gasteiger partial charge on any atom is 0.308 e. The molecule has 0 bridgehead atoms. The molecular weight excluding hydrogens is 280 g/mol. The summed E-state index contributed by atoms with van der Waals surface area (Å²) in [4.78, 5) is 22.2. The van der Waals surface area contributed by atoms with E-state index < -0.39 is 17.8 Å². The highest BCUT2D eigenvalue weighted by Crippen LogP contribution is 2.24. The van der Waals surface area contributed by atoms with E-state index in [-0.39, 0.29) is 6.54 Å². The standard InChI is InChI=1S/C14H19ClN2O3/c1-8(2)5-10(14(19)20)7-17-12-4-3-9(13(16)18)6-11(12)15/h3-4,6,8,10,17H,5,7H2,1-2H3,(H2,16,18)(H,19,20). The van der Waals surface area contributed by atoms with Crippen molar-refractivity contribution >= 4 is 29.2 Å². The van der Waals surface area contributed by atoms with E-state index in [0.717, 1.165) is 0 Å². The number of amides is 1. The highest BCUT2D eigenvalue weighted by Gasteiger charge is 2.19. The van der Waals surface area contributed by atoms with Crippen molar-refractivity contribution in [3.63, 3.8) is 0 Å². The van der Waals surface area contributed by atoms with Gasteiger partial charge in [0, 0.05) is 12.1 Å². The van der Waals surface area contributed by atoms with Crippen LogP contribution in [0.3, 0.4) is 0 Å². The number of carbonyl (C=O) groups is 2. The molecule has 0 heterocycles. The van der Waals surface area contributed by atoms with Crippen LogP contribution in [-0.2, 0) is 4.79 Å². The minimum absolute atomic E-state index is 0.281. The molecule has 110 valence electrons. The second-order valence-electron chi connectivity index (χ2n) is 5.10. The van der Waals surface area contributed by atoms with E-state index in [9.17, 15) is 9.59 Å². The molecule has 5 nitrogen and oxygen atoms in total. The van der Waals surface area contributed by atoms with Gasteiger partial charge in [0.05, 0.1) is 16.6 Å². The number of carbonyl (C=O) groups excluding carboxylic acids is 1. The Bertz CT molecular complexity index is 503. The van der Waals surface area contributed by atoms with Crippen LogP contribution in [0.15, 0.2) is 18.2 Å². The summed E-state index contributed by atoms with van der Waals surface area (Å²) < 4.78 is 0. The lowest BCUT2D eigenvalue weighted by atomic mass is 9.97. The van der Waals surface area contributed by atoms with E-state index in [1.54, 1.807) is 12.1 Å². The number of anilines is 1. The van der Waals surface area contributed by atoms with Crippen LogP contribution in [-0.4, -0.2) is 23.5 Å². The first-order valence-corrected chi connectivity index (χ1v) is 6.75. The Labute approximate surface area is 123 Å². The summed E-state index contributed by atoms with van der Waals surface area (Å²) in [6.45, 7) is 4.23. The number of aliphatic carboxylic acids is 1. The Morgan fingerprint density at radius 2 is 2.05 bits per heavy atom. The zero-order valence-electron chi connectivity index (χ0n) is 11.5. The molecule has 4 N–H and O–H groups in total. The van der Waals surface area contributed by atoms with Crippen molar-refractivity contribution < 1.29 is 14.7 Å². The van der Waals surface area contributed by atoms with Gasteiger partial charge in [0.1, 0.15) is 0 Å². The van der Waals surface area contributed by atoms with Crippen LogP contribution in [0, 0.1) is 11.8 Å². The first-order chi connectivity index (χ1) is 9.31. The SMILES string of the molecule is CC(C)CC(CNc1ccc(C(N)=O)cc1Cl)C(=O)O. The van der Waals surface area contributed by atoms with E-state index in [1.807, 2.05) is 13.8 Å². The van der Waals surface area contributed by atoms with Gasteiger partial charge in [-0.2, -0.15) is 0 Å². The van der Waals surface area contributed by atoms with E-state index in [0.29, 0.717) is 28.6 Å². The Hall–Kier alpha value is -1.75. The summed E-state index contributed by atoms with van der Waals surface area (Å²) in [5, 5.41) is 12.5. The minimum Gasteiger partial charge on any atom is -0.481 e. The molecule has 0 radical (unpaired) electrons. The fraction of sp³-hybridized carbons (Fsp3) is 0.429. The van der Waals surface area contributed by atoms with Crippen LogP contribution in [0.5, 0.6) is 0 Å². The van der Waals surface area contributed by atoms with Crippen molar-refractivity contribution in [2.45, 2.75) is 20.3 Å². The van der Waals surface area contributed by atoms with E-state index in [1.165, 1.54) is 6.07 Å². The zero-order valence-corrected chi connectivity index (χ0v) is 12.3. The number of primary amides is 1.